The van der Waals surface area contributed by atoms with Gasteiger partial charge in [0, 0.05) is 16.0 Å². The van der Waals surface area contributed by atoms with Crippen molar-refractivity contribution in [3.8, 4) is 11.5 Å². The highest BCUT2D eigenvalue weighted by Crippen LogP contribution is 2.43. The van der Waals surface area contributed by atoms with E-state index in [0.717, 1.165) is 22.6 Å². The maximum absolute atomic E-state index is 6.63. The summed E-state index contributed by atoms with van der Waals surface area (Å²) in [7, 11) is 0. The zero-order valence-electron chi connectivity index (χ0n) is 11.0. The van der Waals surface area contributed by atoms with Crippen LogP contribution in [0.1, 0.15) is 28.3 Å². The predicted molar refractivity (Wildman–Crippen MR) is 83.8 cm³/mol. The lowest BCUT2D eigenvalue weighted by Gasteiger charge is -2.21. The summed E-state index contributed by atoms with van der Waals surface area (Å²) in [5.41, 5.74) is 2.13. The van der Waals surface area contributed by atoms with Crippen molar-refractivity contribution in [2.24, 2.45) is 0 Å². The molecule has 2 aromatic rings. The van der Waals surface area contributed by atoms with Crippen LogP contribution in [-0.2, 0) is 6.42 Å². The third kappa shape index (κ3) is 2.50. The van der Waals surface area contributed by atoms with Crippen LogP contribution in [-0.4, -0.2) is 13.2 Å². The molecule has 1 aliphatic rings. The first-order valence-corrected chi connectivity index (χ1v) is 8.19. The molecule has 3 rings (SSSR count). The van der Waals surface area contributed by atoms with E-state index in [-0.39, 0.29) is 5.38 Å². The number of halogens is 2. The summed E-state index contributed by atoms with van der Waals surface area (Å²) in [5, 5.41) is 2.42. The van der Waals surface area contributed by atoms with E-state index in [1.54, 1.807) is 17.4 Å². The van der Waals surface area contributed by atoms with Crippen molar-refractivity contribution in [1.29, 1.82) is 0 Å². The van der Waals surface area contributed by atoms with E-state index in [1.807, 2.05) is 6.07 Å². The van der Waals surface area contributed by atoms with E-state index >= 15 is 0 Å². The Morgan fingerprint density at radius 3 is 2.65 bits per heavy atom. The third-order valence-corrected chi connectivity index (χ3v) is 5.26. The Kier molecular flexibility index (Phi) is 4.11. The Labute approximate surface area is 132 Å². The standard InChI is InChI=1S/C15H14Cl2O2S/c1-2-9-3-6-20-15(9)14(17)10-7-12-13(8-11(10)16)19-5-4-18-12/h3,6-8,14H,2,4-5H2,1H3. The van der Waals surface area contributed by atoms with Gasteiger partial charge in [0.1, 0.15) is 13.2 Å². The van der Waals surface area contributed by atoms with Crippen molar-refractivity contribution in [2.75, 3.05) is 13.2 Å². The van der Waals surface area contributed by atoms with Gasteiger partial charge in [-0.05, 0) is 35.1 Å². The van der Waals surface area contributed by atoms with Crippen LogP contribution >= 0.6 is 34.5 Å². The van der Waals surface area contributed by atoms with Gasteiger partial charge in [0.2, 0.25) is 0 Å². The first kappa shape index (κ1) is 14.1. The number of thiophene rings is 1. The van der Waals surface area contributed by atoms with Crippen LogP contribution in [0.3, 0.4) is 0 Å². The molecule has 0 bridgehead atoms. The van der Waals surface area contributed by atoms with Crippen molar-refractivity contribution < 1.29 is 9.47 Å². The van der Waals surface area contributed by atoms with Crippen molar-refractivity contribution in [2.45, 2.75) is 18.7 Å². The van der Waals surface area contributed by atoms with Gasteiger partial charge < -0.3 is 9.47 Å². The van der Waals surface area contributed by atoms with Crippen LogP contribution < -0.4 is 9.47 Å². The fourth-order valence-corrected chi connectivity index (χ4v) is 4.06. The lowest BCUT2D eigenvalue weighted by Crippen LogP contribution is -2.15. The molecule has 0 fully saturated rings. The molecule has 0 amide bonds. The average molecular weight is 329 g/mol. The molecule has 1 unspecified atom stereocenters. The molecule has 1 aromatic carbocycles. The molecular formula is C15H14Cl2O2S. The zero-order valence-corrected chi connectivity index (χ0v) is 13.3. The number of rotatable bonds is 3. The number of ether oxygens (including phenoxy) is 2. The molecule has 20 heavy (non-hydrogen) atoms. The first-order valence-electron chi connectivity index (χ1n) is 6.50. The second-order valence-corrected chi connectivity index (χ2v) is 6.33. The SMILES string of the molecule is CCc1ccsc1C(Cl)c1cc2c(cc1Cl)OCCO2. The molecular weight excluding hydrogens is 315 g/mol. The smallest absolute Gasteiger partial charge is 0.162 e. The van der Waals surface area contributed by atoms with Gasteiger partial charge in [-0.15, -0.1) is 22.9 Å². The van der Waals surface area contributed by atoms with Crippen molar-refractivity contribution in [3.05, 3.63) is 44.6 Å². The molecule has 0 aliphatic carbocycles. The molecule has 5 heteroatoms. The Morgan fingerprint density at radius 1 is 1.25 bits per heavy atom. The Hall–Kier alpha value is -0.900. The molecule has 2 heterocycles. The van der Waals surface area contributed by atoms with E-state index in [1.165, 1.54) is 5.56 Å². The number of benzene rings is 1. The molecule has 1 aliphatic heterocycles. The number of alkyl halides is 1. The average Bonchev–Trinajstić information content (AvgIpc) is 2.94. The Balaban J connectivity index is 2.01. The van der Waals surface area contributed by atoms with Gasteiger partial charge >= 0.3 is 0 Å². The van der Waals surface area contributed by atoms with E-state index in [4.69, 9.17) is 32.7 Å². The number of hydrogen-bond acceptors (Lipinski definition) is 3. The highest BCUT2D eigenvalue weighted by atomic mass is 35.5. The molecule has 1 atom stereocenters. The predicted octanol–water partition coefficient (Wildman–Crippen LogP) is 5.06. The molecule has 1 aromatic heterocycles. The second kappa shape index (κ2) is 5.84. The summed E-state index contributed by atoms with van der Waals surface area (Å²) in [6.07, 6.45) is 0.963. The molecule has 2 nitrogen and oxygen atoms in total. The van der Waals surface area contributed by atoms with Gasteiger partial charge in [-0.25, -0.2) is 0 Å². The fourth-order valence-electron chi connectivity index (χ4n) is 2.28. The number of hydrogen-bond donors (Lipinski definition) is 0. The summed E-state index contributed by atoms with van der Waals surface area (Å²) >= 11 is 14.6. The van der Waals surface area contributed by atoms with Gasteiger partial charge in [-0.3, -0.25) is 0 Å². The van der Waals surface area contributed by atoms with Gasteiger partial charge in [0.25, 0.3) is 0 Å². The van der Waals surface area contributed by atoms with E-state index in [9.17, 15) is 0 Å². The van der Waals surface area contributed by atoms with Crippen LogP contribution in [0.15, 0.2) is 23.6 Å². The van der Waals surface area contributed by atoms with Crippen LogP contribution in [0.25, 0.3) is 0 Å². The lowest BCUT2D eigenvalue weighted by molar-refractivity contribution is 0.171. The highest BCUT2D eigenvalue weighted by molar-refractivity contribution is 7.10. The summed E-state index contributed by atoms with van der Waals surface area (Å²) < 4.78 is 11.1. The highest BCUT2D eigenvalue weighted by Gasteiger charge is 2.22. The summed E-state index contributed by atoms with van der Waals surface area (Å²) in [5.74, 6) is 1.41. The molecule has 0 saturated heterocycles. The lowest BCUT2D eigenvalue weighted by atomic mass is 10.1. The minimum atomic E-state index is -0.256. The van der Waals surface area contributed by atoms with Crippen molar-refractivity contribution in [1.82, 2.24) is 0 Å². The van der Waals surface area contributed by atoms with E-state index in [2.05, 4.69) is 18.4 Å². The first-order chi connectivity index (χ1) is 9.70. The second-order valence-electron chi connectivity index (χ2n) is 4.54. The monoisotopic (exact) mass is 328 g/mol. The van der Waals surface area contributed by atoms with Crippen LogP contribution in [0.4, 0.5) is 0 Å². The van der Waals surface area contributed by atoms with Crippen LogP contribution in [0.2, 0.25) is 5.02 Å². The minimum absolute atomic E-state index is 0.256. The largest absolute Gasteiger partial charge is 0.486 e. The maximum atomic E-state index is 6.63. The van der Waals surface area contributed by atoms with E-state index < -0.39 is 0 Å². The van der Waals surface area contributed by atoms with Crippen molar-refractivity contribution in [3.63, 3.8) is 0 Å². The Bertz CT molecular complexity index is 624. The maximum Gasteiger partial charge on any atom is 0.162 e. The molecule has 106 valence electrons. The number of fused-ring (bicyclic) bond motifs is 1. The summed E-state index contributed by atoms with van der Waals surface area (Å²) in [6.45, 7) is 3.23. The van der Waals surface area contributed by atoms with Gasteiger partial charge in [0.15, 0.2) is 11.5 Å². The molecule has 0 saturated carbocycles. The van der Waals surface area contributed by atoms with Crippen molar-refractivity contribution >= 4 is 34.5 Å². The topological polar surface area (TPSA) is 18.5 Å². The third-order valence-electron chi connectivity index (χ3n) is 3.33. The van der Waals surface area contributed by atoms with Crippen LogP contribution in [0, 0.1) is 0 Å². The van der Waals surface area contributed by atoms with E-state index in [0.29, 0.717) is 24.0 Å². The normalized spacial score (nSPS) is 15.2. The number of aryl methyl sites for hydroxylation is 1. The minimum Gasteiger partial charge on any atom is -0.486 e. The molecule has 0 N–H and O–H groups in total. The summed E-state index contributed by atoms with van der Waals surface area (Å²) in [6, 6.07) is 5.80. The quantitative estimate of drug-likeness (QED) is 0.733. The van der Waals surface area contributed by atoms with Gasteiger partial charge in [-0.2, -0.15) is 0 Å². The van der Waals surface area contributed by atoms with Crippen LogP contribution in [0.5, 0.6) is 11.5 Å². The molecule has 0 radical (unpaired) electrons. The molecule has 0 spiro atoms. The fraction of sp³-hybridized carbons (Fsp3) is 0.333. The van der Waals surface area contributed by atoms with Gasteiger partial charge in [-0.1, -0.05) is 18.5 Å². The zero-order chi connectivity index (χ0) is 14.1. The summed E-state index contributed by atoms with van der Waals surface area (Å²) in [4.78, 5) is 1.15. The Morgan fingerprint density at radius 2 is 1.95 bits per heavy atom. The van der Waals surface area contributed by atoms with Gasteiger partial charge in [0.05, 0.1) is 5.38 Å².